The highest BCUT2D eigenvalue weighted by Gasteiger charge is 2.54. The highest BCUT2D eigenvalue weighted by Crippen LogP contribution is 2.39. The number of hydrogen-bond acceptors (Lipinski definition) is 4. The van der Waals surface area contributed by atoms with Gasteiger partial charge in [0.15, 0.2) is 6.04 Å². The monoisotopic (exact) mass is 422 g/mol. The standard InChI is InChI=1S/C24H26N2O5/c1-16-7-9-18(10-8-16)21(27)25-13-11-24(12-14-25)26(20(15-31-24)23(29)30)22(28)19-6-4-3-5-17(19)2/h3-10,20H,11-15H2,1-2H3,(H,29,30)/t20-/m0/s1. The summed E-state index contributed by atoms with van der Waals surface area (Å²) in [6.07, 6.45) is 0.734. The molecule has 1 spiro atoms. The lowest BCUT2D eigenvalue weighted by molar-refractivity contribution is -0.143. The number of piperidine rings is 1. The molecule has 0 aliphatic carbocycles. The summed E-state index contributed by atoms with van der Waals surface area (Å²) in [6, 6.07) is 13.5. The van der Waals surface area contributed by atoms with Crippen molar-refractivity contribution in [3.8, 4) is 0 Å². The third-order valence-electron chi connectivity index (χ3n) is 6.27. The molecule has 2 aromatic rings. The van der Waals surface area contributed by atoms with Crippen LogP contribution in [0, 0.1) is 13.8 Å². The third kappa shape index (κ3) is 3.81. The van der Waals surface area contributed by atoms with E-state index in [1.54, 1.807) is 17.0 Å². The van der Waals surface area contributed by atoms with Crippen molar-refractivity contribution in [3.05, 3.63) is 70.8 Å². The van der Waals surface area contributed by atoms with Gasteiger partial charge in [0, 0.05) is 37.1 Å². The summed E-state index contributed by atoms with van der Waals surface area (Å²) in [5.41, 5.74) is 1.93. The Morgan fingerprint density at radius 3 is 2.23 bits per heavy atom. The van der Waals surface area contributed by atoms with E-state index in [0.717, 1.165) is 11.1 Å². The normalized spacial score (nSPS) is 20.1. The molecule has 162 valence electrons. The van der Waals surface area contributed by atoms with Gasteiger partial charge in [-0.2, -0.15) is 0 Å². The third-order valence-corrected chi connectivity index (χ3v) is 6.27. The highest BCUT2D eigenvalue weighted by atomic mass is 16.5. The van der Waals surface area contributed by atoms with Gasteiger partial charge in [-0.3, -0.25) is 14.5 Å². The predicted octanol–water partition coefficient (Wildman–Crippen LogP) is 2.86. The fraction of sp³-hybridized carbons (Fsp3) is 0.375. The number of benzene rings is 2. The fourth-order valence-corrected chi connectivity index (χ4v) is 4.44. The zero-order valence-electron chi connectivity index (χ0n) is 17.7. The van der Waals surface area contributed by atoms with Crippen LogP contribution in [-0.2, 0) is 9.53 Å². The summed E-state index contributed by atoms with van der Waals surface area (Å²) >= 11 is 0. The van der Waals surface area contributed by atoms with Crippen molar-refractivity contribution in [2.75, 3.05) is 19.7 Å². The minimum Gasteiger partial charge on any atom is -0.480 e. The number of nitrogens with zero attached hydrogens (tertiary/aromatic N) is 2. The summed E-state index contributed by atoms with van der Waals surface area (Å²) in [5.74, 6) is -1.50. The number of carboxylic acid groups (broad SMARTS) is 1. The van der Waals surface area contributed by atoms with Gasteiger partial charge < -0.3 is 14.7 Å². The van der Waals surface area contributed by atoms with E-state index < -0.39 is 17.7 Å². The number of carbonyl (C=O) groups excluding carboxylic acids is 2. The Hall–Kier alpha value is -3.19. The first-order chi connectivity index (χ1) is 14.8. The molecule has 7 nitrogen and oxygen atoms in total. The Morgan fingerprint density at radius 1 is 0.968 bits per heavy atom. The largest absolute Gasteiger partial charge is 0.480 e. The summed E-state index contributed by atoms with van der Waals surface area (Å²) in [4.78, 5) is 41.3. The fourth-order valence-electron chi connectivity index (χ4n) is 4.44. The Balaban J connectivity index is 1.57. The Labute approximate surface area is 181 Å². The van der Waals surface area contributed by atoms with Crippen LogP contribution in [0.5, 0.6) is 0 Å². The number of rotatable bonds is 3. The molecule has 0 radical (unpaired) electrons. The number of ether oxygens (including phenoxy) is 1. The average Bonchev–Trinajstić information content (AvgIpc) is 3.13. The summed E-state index contributed by atoms with van der Waals surface area (Å²) < 4.78 is 5.99. The van der Waals surface area contributed by atoms with Crippen LogP contribution in [0.3, 0.4) is 0 Å². The van der Waals surface area contributed by atoms with Crippen LogP contribution in [0.25, 0.3) is 0 Å². The molecule has 0 bridgehead atoms. The van der Waals surface area contributed by atoms with Crippen LogP contribution in [0.1, 0.15) is 44.7 Å². The molecule has 7 heteroatoms. The van der Waals surface area contributed by atoms with Crippen molar-refractivity contribution in [2.45, 2.75) is 38.5 Å². The molecular weight excluding hydrogens is 396 g/mol. The minimum absolute atomic E-state index is 0.0567. The van der Waals surface area contributed by atoms with E-state index in [1.807, 2.05) is 50.2 Å². The first-order valence-electron chi connectivity index (χ1n) is 10.4. The van der Waals surface area contributed by atoms with Gasteiger partial charge in [-0.25, -0.2) is 4.79 Å². The van der Waals surface area contributed by atoms with Gasteiger partial charge in [0.2, 0.25) is 0 Å². The van der Waals surface area contributed by atoms with Crippen LogP contribution in [0.15, 0.2) is 48.5 Å². The molecule has 2 fully saturated rings. The van der Waals surface area contributed by atoms with Gasteiger partial charge in [0.05, 0.1) is 6.61 Å². The summed E-state index contributed by atoms with van der Waals surface area (Å²) in [6.45, 7) is 4.51. The van der Waals surface area contributed by atoms with Crippen molar-refractivity contribution < 1.29 is 24.2 Å². The molecule has 0 unspecified atom stereocenters. The molecule has 2 saturated heterocycles. The van der Waals surface area contributed by atoms with E-state index in [0.29, 0.717) is 37.1 Å². The average molecular weight is 422 g/mol. The maximum atomic E-state index is 13.4. The number of aryl methyl sites for hydroxylation is 2. The van der Waals surface area contributed by atoms with Gasteiger partial charge >= 0.3 is 5.97 Å². The topological polar surface area (TPSA) is 87.2 Å². The number of likely N-dealkylation sites (tertiary alicyclic amines) is 1. The molecule has 2 aromatic carbocycles. The number of carboxylic acids is 1. The molecular formula is C24H26N2O5. The highest BCUT2D eigenvalue weighted by molar-refractivity contribution is 5.99. The van der Waals surface area contributed by atoms with Crippen molar-refractivity contribution in [3.63, 3.8) is 0 Å². The second kappa shape index (κ2) is 8.15. The van der Waals surface area contributed by atoms with Crippen molar-refractivity contribution in [1.82, 2.24) is 9.80 Å². The second-order valence-corrected chi connectivity index (χ2v) is 8.26. The molecule has 0 aromatic heterocycles. The van der Waals surface area contributed by atoms with Gasteiger partial charge in [0.25, 0.3) is 11.8 Å². The Kier molecular flexibility index (Phi) is 5.54. The first kappa shape index (κ1) is 21.1. The molecule has 2 aliphatic heterocycles. The molecule has 2 heterocycles. The maximum Gasteiger partial charge on any atom is 0.328 e. The van der Waals surface area contributed by atoms with Crippen molar-refractivity contribution in [1.29, 1.82) is 0 Å². The van der Waals surface area contributed by atoms with Crippen LogP contribution in [0.2, 0.25) is 0 Å². The smallest absolute Gasteiger partial charge is 0.328 e. The van der Waals surface area contributed by atoms with Crippen LogP contribution in [0.4, 0.5) is 0 Å². The van der Waals surface area contributed by atoms with Gasteiger partial charge in [0.1, 0.15) is 5.72 Å². The maximum absolute atomic E-state index is 13.4. The lowest BCUT2D eigenvalue weighted by atomic mass is 9.95. The van der Waals surface area contributed by atoms with Gasteiger partial charge in [-0.15, -0.1) is 0 Å². The van der Waals surface area contributed by atoms with Crippen LogP contribution < -0.4 is 0 Å². The number of amides is 2. The van der Waals surface area contributed by atoms with E-state index in [-0.39, 0.29) is 18.4 Å². The quantitative estimate of drug-likeness (QED) is 0.822. The number of hydrogen-bond donors (Lipinski definition) is 1. The van der Waals surface area contributed by atoms with E-state index in [9.17, 15) is 19.5 Å². The minimum atomic E-state index is -1.09. The Morgan fingerprint density at radius 2 is 1.61 bits per heavy atom. The number of aliphatic carboxylic acids is 1. The molecule has 0 saturated carbocycles. The van der Waals surface area contributed by atoms with Crippen molar-refractivity contribution >= 4 is 17.8 Å². The zero-order valence-corrected chi connectivity index (χ0v) is 17.7. The predicted molar refractivity (Wildman–Crippen MR) is 114 cm³/mol. The zero-order chi connectivity index (χ0) is 22.2. The summed E-state index contributed by atoms with van der Waals surface area (Å²) in [5, 5.41) is 9.74. The van der Waals surface area contributed by atoms with E-state index in [2.05, 4.69) is 0 Å². The molecule has 4 rings (SSSR count). The van der Waals surface area contributed by atoms with Gasteiger partial charge in [-0.05, 0) is 37.6 Å². The van der Waals surface area contributed by atoms with E-state index in [1.165, 1.54) is 4.90 Å². The van der Waals surface area contributed by atoms with Crippen LogP contribution in [-0.4, -0.2) is 64.2 Å². The lowest BCUT2D eigenvalue weighted by Crippen LogP contribution is -2.58. The number of carbonyl (C=O) groups is 3. The van der Waals surface area contributed by atoms with Gasteiger partial charge in [-0.1, -0.05) is 35.9 Å². The van der Waals surface area contributed by atoms with E-state index in [4.69, 9.17) is 4.74 Å². The molecule has 1 N–H and O–H groups in total. The molecule has 31 heavy (non-hydrogen) atoms. The van der Waals surface area contributed by atoms with E-state index >= 15 is 0 Å². The molecule has 1 atom stereocenters. The van der Waals surface area contributed by atoms with Crippen LogP contribution >= 0.6 is 0 Å². The summed E-state index contributed by atoms with van der Waals surface area (Å²) in [7, 11) is 0. The van der Waals surface area contributed by atoms with Crippen molar-refractivity contribution in [2.24, 2.45) is 0 Å². The molecule has 2 amide bonds. The molecule has 2 aliphatic rings. The lowest BCUT2D eigenvalue weighted by Gasteiger charge is -2.44. The first-order valence-corrected chi connectivity index (χ1v) is 10.4. The Bertz CT molecular complexity index is 1010. The second-order valence-electron chi connectivity index (χ2n) is 8.26. The SMILES string of the molecule is Cc1ccc(C(=O)N2CCC3(CC2)OC[C@@H](C(=O)O)N3C(=O)c2ccccc2C)cc1.